The molecule has 5 nitrogen and oxygen atoms in total. The van der Waals surface area contributed by atoms with Crippen molar-refractivity contribution in [3.63, 3.8) is 0 Å². The molecule has 1 saturated heterocycles. The maximum atomic E-state index is 14.4. The highest BCUT2D eigenvalue weighted by atomic mass is 19.1. The van der Waals surface area contributed by atoms with Crippen LogP contribution in [0.25, 0.3) is 11.3 Å². The molecule has 1 aromatic heterocycles. The van der Waals surface area contributed by atoms with Crippen LogP contribution in [0.3, 0.4) is 0 Å². The number of carbonyl (C=O) groups is 1. The van der Waals surface area contributed by atoms with Crippen LogP contribution in [0.15, 0.2) is 24.4 Å². The first-order valence-electron chi connectivity index (χ1n) is 7.86. The molecule has 0 bridgehead atoms. The molecule has 2 aromatic rings. The lowest BCUT2D eigenvalue weighted by atomic mass is 10.0. The van der Waals surface area contributed by atoms with E-state index in [1.54, 1.807) is 23.0 Å². The van der Waals surface area contributed by atoms with Crippen molar-refractivity contribution in [2.45, 2.75) is 25.8 Å². The van der Waals surface area contributed by atoms with Gasteiger partial charge in [0.15, 0.2) is 0 Å². The van der Waals surface area contributed by atoms with E-state index in [1.807, 2.05) is 14.0 Å². The predicted octanol–water partition coefficient (Wildman–Crippen LogP) is 2.02. The molecular weight excluding hydrogens is 295 g/mol. The quantitative estimate of drug-likeness (QED) is 0.911. The van der Waals surface area contributed by atoms with Gasteiger partial charge in [0.05, 0.1) is 17.5 Å². The maximum absolute atomic E-state index is 14.4. The van der Waals surface area contributed by atoms with Gasteiger partial charge in [-0.2, -0.15) is 5.10 Å². The number of piperidine rings is 1. The van der Waals surface area contributed by atoms with Crippen LogP contribution in [-0.4, -0.2) is 34.8 Å². The first kappa shape index (κ1) is 15.7. The van der Waals surface area contributed by atoms with Crippen LogP contribution in [0.2, 0.25) is 0 Å². The summed E-state index contributed by atoms with van der Waals surface area (Å²) in [4.78, 5) is 12.3. The zero-order valence-corrected chi connectivity index (χ0v) is 13.4. The van der Waals surface area contributed by atoms with E-state index in [0.717, 1.165) is 42.8 Å². The molecule has 2 heterocycles. The van der Waals surface area contributed by atoms with Crippen molar-refractivity contribution in [1.82, 2.24) is 20.4 Å². The standard InChI is InChI=1S/C17H21FN4O/c1-11-9-20-22(2)16(11)12-5-6-14(15(18)8-12)17(23)21-13-4-3-7-19-10-13/h5-6,8-9,13,19H,3-4,7,10H2,1-2H3,(H,21,23). The minimum Gasteiger partial charge on any atom is -0.348 e. The number of nitrogens with zero attached hydrogens (tertiary/aromatic N) is 2. The number of carbonyl (C=O) groups excluding carboxylic acids is 1. The third-order valence-corrected chi connectivity index (χ3v) is 4.24. The van der Waals surface area contributed by atoms with Gasteiger partial charge in [-0.05, 0) is 44.0 Å². The molecule has 122 valence electrons. The topological polar surface area (TPSA) is 59.0 Å². The number of aromatic nitrogens is 2. The molecule has 23 heavy (non-hydrogen) atoms. The maximum Gasteiger partial charge on any atom is 0.254 e. The Balaban J connectivity index is 1.80. The number of benzene rings is 1. The van der Waals surface area contributed by atoms with Crippen molar-refractivity contribution in [3.8, 4) is 11.3 Å². The molecule has 0 spiro atoms. The summed E-state index contributed by atoms with van der Waals surface area (Å²) in [5.41, 5.74) is 2.62. The summed E-state index contributed by atoms with van der Waals surface area (Å²) in [7, 11) is 1.82. The number of rotatable bonds is 3. The fourth-order valence-corrected chi connectivity index (χ4v) is 3.05. The van der Waals surface area contributed by atoms with Gasteiger partial charge in [0.25, 0.3) is 5.91 Å². The van der Waals surface area contributed by atoms with Crippen molar-refractivity contribution in [3.05, 3.63) is 41.3 Å². The van der Waals surface area contributed by atoms with Crippen molar-refractivity contribution >= 4 is 5.91 Å². The molecule has 1 aliphatic heterocycles. The van der Waals surface area contributed by atoms with E-state index in [0.29, 0.717) is 0 Å². The van der Waals surface area contributed by atoms with Gasteiger partial charge in [-0.3, -0.25) is 9.48 Å². The Morgan fingerprint density at radius 2 is 2.30 bits per heavy atom. The molecule has 3 rings (SSSR count). The smallest absolute Gasteiger partial charge is 0.254 e. The first-order valence-corrected chi connectivity index (χ1v) is 7.86. The third-order valence-electron chi connectivity index (χ3n) is 4.24. The number of hydrogen-bond acceptors (Lipinski definition) is 3. The molecule has 0 saturated carbocycles. The van der Waals surface area contributed by atoms with E-state index in [4.69, 9.17) is 0 Å². The van der Waals surface area contributed by atoms with Gasteiger partial charge >= 0.3 is 0 Å². The Kier molecular flexibility index (Phi) is 4.43. The molecule has 0 radical (unpaired) electrons. The van der Waals surface area contributed by atoms with Crippen molar-refractivity contribution < 1.29 is 9.18 Å². The van der Waals surface area contributed by atoms with E-state index >= 15 is 0 Å². The molecular formula is C17H21FN4O. The summed E-state index contributed by atoms with van der Waals surface area (Å²) in [5.74, 6) is -0.867. The van der Waals surface area contributed by atoms with Gasteiger partial charge in [0.1, 0.15) is 5.82 Å². The van der Waals surface area contributed by atoms with Gasteiger partial charge in [0.2, 0.25) is 0 Å². The molecule has 1 aliphatic rings. The van der Waals surface area contributed by atoms with Crippen molar-refractivity contribution in [2.75, 3.05) is 13.1 Å². The van der Waals surface area contributed by atoms with Crippen molar-refractivity contribution in [1.29, 1.82) is 0 Å². The van der Waals surface area contributed by atoms with Crippen LogP contribution in [-0.2, 0) is 7.05 Å². The zero-order valence-electron chi connectivity index (χ0n) is 13.4. The second kappa shape index (κ2) is 6.50. The molecule has 2 N–H and O–H groups in total. The zero-order chi connectivity index (χ0) is 16.4. The predicted molar refractivity (Wildman–Crippen MR) is 86.7 cm³/mol. The van der Waals surface area contributed by atoms with E-state index in [2.05, 4.69) is 15.7 Å². The fourth-order valence-electron chi connectivity index (χ4n) is 3.05. The minimum absolute atomic E-state index is 0.0645. The van der Waals surface area contributed by atoms with E-state index in [-0.39, 0.29) is 17.5 Å². The highest BCUT2D eigenvalue weighted by Crippen LogP contribution is 2.24. The number of hydrogen-bond donors (Lipinski definition) is 2. The van der Waals surface area contributed by atoms with Crippen LogP contribution in [0, 0.1) is 12.7 Å². The van der Waals surface area contributed by atoms with Gasteiger partial charge in [0, 0.05) is 25.2 Å². The van der Waals surface area contributed by atoms with Crippen molar-refractivity contribution in [2.24, 2.45) is 7.05 Å². The summed E-state index contributed by atoms with van der Waals surface area (Å²) >= 11 is 0. The summed E-state index contributed by atoms with van der Waals surface area (Å²) < 4.78 is 16.1. The average Bonchev–Trinajstić information content (AvgIpc) is 2.87. The number of halogens is 1. The van der Waals surface area contributed by atoms with E-state index < -0.39 is 5.82 Å². The van der Waals surface area contributed by atoms with E-state index in [1.165, 1.54) is 6.07 Å². The highest BCUT2D eigenvalue weighted by molar-refractivity contribution is 5.95. The SMILES string of the molecule is Cc1cnn(C)c1-c1ccc(C(=O)NC2CCCNC2)c(F)c1. The second-order valence-corrected chi connectivity index (χ2v) is 6.01. The van der Waals surface area contributed by atoms with Gasteiger partial charge in [-0.25, -0.2) is 4.39 Å². The fraction of sp³-hybridized carbons (Fsp3) is 0.412. The molecule has 0 aliphatic carbocycles. The Bertz CT molecular complexity index is 700. The highest BCUT2D eigenvalue weighted by Gasteiger charge is 2.19. The molecule has 1 aromatic carbocycles. The van der Waals surface area contributed by atoms with Crippen LogP contribution >= 0.6 is 0 Å². The Morgan fingerprint density at radius 1 is 1.48 bits per heavy atom. The molecule has 1 fully saturated rings. The second-order valence-electron chi connectivity index (χ2n) is 6.01. The summed E-state index contributed by atoms with van der Waals surface area (Å²) in [6, 6.07) is 4.77. The first-order chi connectivity index (χ1) is 11.1. The van der Waals surface area contributed by atoms with Crippen LogP contribution < -0.4 is 10.6 Å². The average molecular weight is 316 g/mol. The van der Waals surface area contributed by atoms with E-state index in [9.17, 15) is 9.18 Å². The van der Waals surface area contributed by atoms with Crippen LogP contribution in [0.1, 0.15) is 28.8 Å². The molecule has 1 amide bonds. The van der Waals surface area contributed by atoms with Crippen LogP contribution in [0.5, 0.6) is 0 Å². The summed E-state index contributed by atoms with van der Waals surface area (Å²) in [5, 5.41) is 10.3. The summed E-state index contributed by atoms with van der Waals surface area (Å²) in [6.45, 7) is 3.63. The number of amides is 1. The lowest BCUT2D eigenvalue weighted by Crippen LogP contribution is -2.45. The molecule has 1 unspecified atom stereocenters. The molecule has 6 heteroatoms. The largest absolute Gasteiger partial charge is 0.348 e. The number of nitrogens with one attached hydrogen (secondary N) is 2. The van der Waals surface area contributed by atoms with Crippen LogP contribution in [0.4, 0.5) is 4.39 Å². The normalized spacial score (nSPS) is 18.0. The Labute approximate surface area is 134 Å². The lowest BCUT2D eigenvalue weighted by Gasteiger charge is -2.23. The number of aryl methyl sites for hydroxylation is 2. The molecule has 1 atom stereocenters. The Hall–Kier alpha value is -2.21. The van der Waals surface area contributed by atoms with Gasteiger partial charge in [-0.15, -0.1) is 0 Å². The minimum atomic E-state index is -0.510. The Morgan fingerprint density at radius 3 is 2.91 bits per heavy atom. The lowest BCUT2D eigenvalue weighted by molar-refractivity contribution is 0.0926. The monoisotopic (exact) mass is 316 g/mol. The third kappa shape index (κ3) is 3.27. The summed E-state index contributed by atoms with van der Waals surface area (Å²) in [6.07, 6.45) is 3.68. The van der Waals surface area contributed by atoms with Gasteiger partial charge in [-0.1, -0.05) is 6.07 Å². The van der Waals surface area contributed by atoms with Gasteiger partial charge < -0.3 is 10.6 Å².